The molecule has 0 amide bonds. The van der Waals surface area contributed by atoms with Crippen molar-refractivity contribution in [3.63, 3.8) is 0 Å². The van der Waals surface area contributed by atoms with E-state index in [1.807, 2.05) is 0 Å². The summed E-state index contributed by atoms with van der Waals surface area (Å²) in [7, 11) is 0. The third-order valence-corrected chi connectivity index (χ3v) is 6.81. The normalized spacial score (nSPS) is 28.6. The summed E-state index contributed by atoms with van der Waals surface area (Å²) >= 11 is 0. The van der Waals surface area contributed by atoms with Crippen molar-refractivity contribution in [2.75, 3.05) is 19.6 Å². The van der Waals surface area contributed by atoms with Gasteiger partial charge in [-0.15, -0.1) is 0 Å². The summed E-state index contributed by atoms with van der Waals surface area (Å²) in [6.45, 7) is 3.78. The third-order valence-electron chi connectivity index (χ3n) is 6.81. The van der Waals surface area contributed by atoms with E-state index in [0.717, 1.165) is 29.8 Å². The van der Waals surface area contributed by atoms with E-state index in [4.69, 9.17) is 9.97 Å². The van der Waals surface area contributed by atoms with Crippen LogP contribution in [0, 0.1) is 5.92 Å². The van der Waals surface area contributed by atoms with Crippen LogP contribution in [-0.4, -0.2) is 39.5 Å². The van der Waals surface area contributed by atoms with Crippen molar-refractivity contribution in [1.82, 2.24) is 19.9 Å². The van der Waals surface area contributed by atoms with Crippen LogP contribution in [-0.2, 0) is 12.8 Å². The highest BCUT2D eigenvalue weighted by Gasteiger charge is 2.36. The van der Waals surface area contributed by atoms with Crippen LogP contribution in [0.1, 0.15) is 48.6 Å². The quantitative estimate of drug-likeness (QED) is 0.737. The minimum Gasteiger partial charge on any atom is -0.356 e. The molecule has 3 saturated heterocycles. The maximum atomic E-state index is 5.15. The van der Waals surface area contributed by atoms with Gasteiger partial charge in [0.2, 0.25) is 0 Å². The van der Waals surface area contributed by atoms with Crippen molar-refractivity contribution < 1.29 is 0 Å². The summed E-state index contributed by atoms with van der Waals surface area (Å²) in [5.74, 6) is 1.46. The molecular weight excluding hydrogens is 308 g/mol. The van der Waals surface area contributed by atoms with Crippen LogP contribution < -0.4 is 0 Å². The van der Waals surface area contributed by atoms with Crippen molar-refractivity contribution in [2.24, 2.45) is 5.92 Å². The fraction of sp³-hybridized carbons (Fsp3) is 0.524. The predicted octanol–water partition coefficient (Wildman–Crippen LogP) is 3.80. The first kappa shape index (κ1) is 14.3. The summed E-state index contributed by atoms with van der Waals surface area (Å²) in [4.78, 5) is 16.2. The molecule has 1 aliphatic carbocycles. The number of fused-ring (bicyclic) bond motifs is 7. The summed E-state index contributed by atoms with van der Waals surface area (Å²) in [5, 5.41) is 1.32. The molecule has 2 aromatic heterocycles. The monoisotopic (exact) mass is 332 g/mol. The standard InChI is InChI=1S/C21H24N4/c1-2-4-17-16(3-1)23-19-6-5-18-20(21(19)24-17)14(11-22-18)15-12-25-9-7-13(15)8-10-25/h5-6,11,13,15,23H,1-4,7-10,12H2. The molecule has 3 aliphatic heterocycles. The van der Waals surface area contributed by atoms with Gasteiger partial charge in [0, 0.05) is 29.7 Å². The Hall–Kier alpha value is -1.94. The molecule has 3 fully saturated rings. The van der Waals surface area contributed by atoms with Gasteiger partial charge in [-0.25, -0.2) is 4.98 Å². The fourth-order valence-electron chi connectivity index (χ4n) is 5.44. The zero-order valence-corrected chi connectivity index (χ0v) is 14.6. The second-order valence-corrected chi connectivity index (χ2v) is 8.18. The van der Waals surface area contributed by atoms with E-state index in [-0.39, 0.29) is 0 Å². The lowest BCUT2D eigenvalue weighted by Gasteiger charge is -2.44. The van der Waals surface area contributed by atoms with E-state index in [0.29, 0.717) is 5.92 Å². The lowest BCUT2D eigenvalue weighted by molar-refractivity contribution is 0.0877. The van der Waals surface area contributed by atoms with Gasteiger partial charge in [0.05, 0.1) is 22.2 Å². The van der Waals surface area contributed by atoms with Crippen LogP contribution in [0.3, 0.4) is 0 Å². The van der Waals surface area contributed by atoms with Crippen LogP contribution >= 0.6 is 0 Å². The van der Waals surface area contributed by atoms with Gasteiger partial charge in [0.1, 0.15) is 0 Å². The highest BCUT2D eigenvalue weighted by atomic mass is 15.1. The first-order chi connectivity index (χ1) is 12.4. The largest absolute Gasteiger partial charge is 0.356 e. The molecule has 25 heavy (non-hydrogen) atoms. The predicted molar refractivity (Wildman–Crippen MR) is 99.9 cm³/mol. The molecule has 3 aromatic rings. The SMILES string of the molecule is c1nc2ccc3[nH]c4c(nc3c2c1C1CN2CCC1CC2)CCCC4. The smallest absolute Gasteiger partial charge is 0.0965 e. The Kier molecular flexibility index (Phi) is 3.01. The van der Waals surface area contributed by atoms with Crippen molar-refractivity contribution in [2.45, 2.75) is 44.4 Å². The minimum atomic E-state index is 0.635. The Labute approximate surface area is 147 Å². The number of aryl methyl sites for hydroxylation is 2. The van der Waals surface area contributed by atoms with Crippen molar-refractivity contribution >= 4 is 21.9 Å². The van der Waals surface area contributed by atoms with Gasteiger partial charge in [-0.1, -0.05) is 0 Å². The number of rotatable bonds is 1. The second kappa shape index (κ2) is 5.28. The Bertz CT molecular complexity index is 965. The van der Waals surface area contributed by atoms with Gasteiger partial charge in [0.15, 0.2) is 0 Å². The van der Waals surface area contributed by atoms with Crippen molar-refractivity contribution in [3.05, 3.63) is 35.3 Å². The lowest BCUT2D eigenvalue weighted by Crippen LogP contribution is -2.46. The van der Waals surface area contributed by atoms with Gasteiger partial charge in [-0.3, -0.25) is 4.98 Å². The molecule has 4 heteroatoms. The van der Waals surface area contributed by atoms with Crippen LogP contribution in [0.4, 0.5) is 0 Å². The van der Waals surface area contributed by atoms with Crippen LogP contribution in [0.5, 0.6) is 0 Å². The first-order valence-corrected chi connectivity index (χ1v) is 9.88. The Balaban J connectivity index is 1.58. The van der Waals surface area contributed by atoms with E-state index in [9.17, 15) is 0 Å². The Morgan fingerprint density at radius 1 is 1.08 bits per heavy atom. The average molecular weight is 332 g/mol. The summed E-state index contributed by atoms with van der Waals surface area (Å²) in [6, 6.07) is 4.35. The van der Waals surface area contributed by atoms with Crippen LogP contribution in [0.15, 0.2) is 18.3 Å². The number of aromatic amines is 1. The van der Waals surface area contributed by atoms with Crippen LogP contribution in [0.2, 0.25) is 0 Å². The molecule has 4 nitrogen and oxygen atoms in total. The van der Waals surface area contributed by atoms with E-state index in [1.165, 1.54) is 73.2 Å². The highest BCUT2D eigenvalue weighted by molar-refractivity contribution is 6.05. The fourth-order valence-corrected chi connectivity index (χ4v) is 5.44. The molecule has 1 unspecified atom stereocenters. The number of H-pyrrole nitrogens is 1. The van der Waals surface area contributed by atoms with Gasteiger partial charge in [-0.05, 0) is 75.2 Å². The van der Waals surface area contributed by atoms with Gasteiger partial charge in [0.25, 0.3) is 0 Å². The molecule has 4 aliphatic rings. The number of aromatic nitrogens is 3. The maximum absolute atomic E-state index is 5.15. The molecule has 2 bridgehead atoms. The summed E-state index contributed by atoms with van der Waals surface area (Å²) < 4.78 is 0. The molecule has 7 rings (SSSR count). The van der Waals surface area contributed by atoms with Gasteiger partial charge < -0.3 is 9.88 Å². The molecular formula is C21H24N4. The minimum absolute atomic E-state index is 0.635. The Morgan fingerprint density at radius 2 is 1.96 bits per heavy atom. The topological polar surface area (TPSA) is 44.8 Å². The number of nitrogens with zero attached hydrogens (tertiary/aromatic N) is 3. The molecule has 0 saturated carbocycles. The van der Waals surface area contributed by atoms with Gasteiger partial charge >= 0.3 is 0 Å². The van der Waals surface area contributed by atoms with E-state index in [2.05, 4.69) is 28.2 Å². The number of piperidine rings is 3. The van der Waals surface area contributed by atoms with Crippen molar-refractivity contribution in [1.29, 1.82) is 0 Å². The second-order valence-electron chi connectivity index (χ2n) is 8.18. The molecule has 128 valence electrons. The first-order valence-electron chi connectivity index (χ1n) is 9.88. The molecule has 0 radical (unpaired) electrons. The number of hydrogen-bond donors (Lipinski definition) is 1. The third kappa shape index (κ3) is 2.10. The zero-order chi connectivity index (χ0) is 16.4. The zero-order valence-electron chi connectivity index (χ0n) is 14.6. The van der Waals surface area contributed by atoms with E-state index >= 15 is 0 Å². The van der Waals surface area contributed by atoms with Crippen LogP contribution in [0.25, 0.3) is 21.9 Å². The molecule has 1 atom stereocenters. The average Bonchev–Trinajstić information content (AvgIpc) is 3.12. The molecule has 5 heterocycles. The van der Waals surface area contributed by atoms with E-state index in [1.54, 1.807) is 0 Å². The number of hydrogen-bond acceptors (Lipinski definition) is 3. The maximum Gasteiger partial charge on any atom is 0.0965 e. The molecule has 1 aromatic carbocycles. The van der Waals surface area contributed by atoms with E-state index < -0.39 is 0 Å². The van der Waals surface area contributed by atoms with Crippen molar-refractivity contribution in [3.8, 4) is 0 Å². The lowest BCUT2D eigenvalue weighted by atomic mass is 9.75. The summed E-state index contributed by atoms with van der Waals surface area (Å²) in [6.07, 6.45) is 9.64. The number of nitrogens with one attached hydrogen (secondary N) is 1. The Morgan fingerprint density at radius 3 is 2.80 bits per heavy atom. The number of benzene rings is 1. The summed E-state index contributed by atoms with van der Waals surface area (Å²) in [5.41, 5.74) is 7.54. The van der Waals surface area contributed by atoms with Gasteiger partial charge in [-0.2, -0.15) is 0 Å². The highest BCUT2D eigenvalue weighted by Crippen LogP contribution is 2.42. The molecule has 1 N–H and O–H groups in total. The molecule has 0 spiro atoms.